The van der Waals surface area contributed by atoms with Gasteiger partial charge in [-0.25, -0.2) is 4.57 Å². The third kappa shape index (κ3) is 59.0. The van der Waals surface area contributed by atoms with Crippen molar-refractivity contribution in [3.8, 4) is 0 Å². The van der Waals surface area contributed by atoms with Gasteiger partial charge < -0.3 is 19.4 Å². The molecule has 10 heteroatoms. The zero-order valence-corrected chi connectivity index (χ0v) is 53.2. The number of phosphoric acid groups is 1. The fourth-order valence-electron chi connectivity index (χ4n) is 8.77. The maximum absolute atomic E-state index is 13.6. The quantitative estimate of drug-likeness (QED) is 0.0156. The first-order chi connectivity index (χ1) is 38.9. The monoisotopic (exact) mass is 1130 g/mol. The lowest BCUT2D eigenvalue weighted by molar-refractivity contribution is -0.870. The number of quaternary nitrogens is 1. The second kappa shape index (κ2) is 58.6. The zero-order chi connectivity index (χ0) is 58.6. The second-order valence-corrected chi connectivity index (χ2v) is 24.0. The average molecular weight is 1130 g/mol. The van der Waals surface area contributed by atoms with Crippen LogP contribution in [0.2, 0.25) is 0 Å². The Morgan fingerprint density at radius 1 is 0.463 bits per heavy atom. The highest BCUT2D eigenvalue weighted by Crippen LogP contribution is 2.43. The van der Waals surface area contributed by atoms with E-state index in [-0.39, 0.29) is 31.5 Å². The van der Waals surface area contributed by atoms with Crippen LogP contribution >= 0.6 is 7.82 Å². The maximum atomic E-state index is 13.6. The Morgan fingerprint density at radius 2 is 0.863 bits per heavy atom. The van der Waals surface area contributed by atoms with Crippen molar-refractivity contribution in [1.29, 1.82) is 0 Å². The highest BCUT2D eigenvalue weighted by Gasteiger charge is 2.30. The summed E-state index contributed by atoms with van der Waals surface area (Å²) in [5.41, 5.74) is 0. The van der Waals surface area contributed by atoms with Crippen molar-refractivity contribution in [1.82, 2.24) is 5.32 Å². The first-order valence-corrected chi connectivity index (χ1v) is 33.9. The van der Waals surface area contributed by atoms with Crippen LogP contribution < -0.4 is 5.32 Å². The first kappa shape index (κ1) is 76.4. The van der Waals surface area contributed by atoms with Crippen LogP contribution in [-0.4, -0.2) is 74.3 Å². The van der Waals surface area contributed by atoms with E-state index in [1.807, 2.05) is 33.3 Å². The van der Waals surface area contributed by atoms with Gasteiger partial charge in [0.2, 0.25) is 5.91 Å². The molecule has 0 aromatic carbocycles. The highest BCUT2D eigenvalue weighted by atomic mass is 31.2. The molecule has 0 rings (SSSR count). The molecular formula is C70H122N2O7P+. The molecule has 0 aliphatic heterocycles. The molecule has 0 aromatic heterocycles. The predicted molar refractivity (Wildman–Crippen MR) is 346 cm³/mol. The largest absolute Gasteiger partial charge is 0.472 e. The number of ether oxygens (including phenoxy) is 1. The number of hydrogen-bond acceptors (Lipinski definition) is 6. The smallest absolute Gasteiger partial charge is 0.456 e. The van der Waals surface area contributed by atoms with E-state index in [0.29, 0.717) is 17.4 Å². The SMILES string of the molecule is CC/C=C\C/C=C\C/C=C\C/C=C\C/C=C\C/C=C\CCCCCCCCCCC(=O)NC(COP(=O)(O)OCC[N+](C)(C)C)C(/C=C\CCCCCCCCCCCC)OC(=O)CCCCCCCCC/C=C/C=C/C=C/CC. The minimum Gasteiger partial charge on any atom is -0.456 e. The maximum Gasteiger partial charge on any atom is 0.472 e. The van der Waals surface area contributed by atoms with Crippen molar-refractivity contribution in [2.75, 3.05) is 40.9 Å². The number of carbonyl (C=O) groups is 2. The van der Waals surface area contributed by atoms with Crippen LogP contribution in [0.4, 0.5) is 0 Å². The molecule has 0 aliphatic rings. The molecule has 0 aliphatic carbocycles. The number of allylic oxidation sites excluding steroid dienone is 19. The van der Waals surface area contributed by atoms with Gasteiger partial charge in [-0.1, -0.05) is 265 Å². The predicted octanol–water partition coefficient (Wildman–Crippen LogP) is 20.3. The average Bonchev–Trinajstić information content (AvgIpc) is 3.42. The van der Waals surface area contributed by atoms with Crippen molar-refractivity contribution in [3.63, 3.8) is 0 Å². The van der Waals surface area contributed by atoms with E-state index >= 15 is 0 Å². The van der Waals surface area contributed by atoms with Gasteiger partial charge in [-0.3, -0.25) is 18.6 Å². The first-order valence-electron chi connectivity index (χ1n) is 32.4. The Morgan fingerprint density at radius 3 is 1.34 bits per heavy atom. The lowest BCUT2D eigenvalue weighted by Gasteiger charge is -2.27. The Labute approximate surface area is 493 Å². The van der Waals surface area contributed by atoms with Gasteiger partial charge in [0.1, 0.15) is 19.3 Å². The van der Waals surface area contributed by atoms with Crippen LogP contribution in [-0.2, 0) is 27.9 Å². The summed E-state index contributed by atoms with van der Waals surface area (Å²) >= 11 is 0. The van der Waals surface area contributed by atoms with Crippen LogP contribution in [0.25, 0.3) is 0 Å². The summed E-state index contributed by atoms with van der Waals surface area (Å²) in [4.78, 5) is 37.8. The molecule has 458 valence electrons. The van der Waals surface area contributed by atoms with Crippen LogP contribution in [0.5, 0.6) is 0 Å². The molecular weight excluding hydrogens is 1010 g/mol. The number of nitrogens with one attached hydrogen (secondary N) is 1. The Hall–Kier alpha value is -3.59. The van der Waals surface area contributed by atoms with E-state index in [4.69, 9.17) is 13.8 Å². The highest BCUT2D eigenvalue weighted by molar-refractivity contribution is 7.47. The molecule has 0 fully saturated rings. The summed E-state index contributed by atoms with van der Waals surface area (Å²) in [7, 11) is 1.47. The minimum atomic E-state index is -4.46. The minimum absolute atomic E-state index is 0.0301. The van der Waals surface area contributed by atoms with Crippen LogP contribution in [0, 0.1) is 0 Å². The van der Waals surface area contributed by atoms with E-state index in [1.54, 1.807) is 0 Å². The van der Waals surface area contributed by atoms with Gasteiger partial charge in [0.15, 0.2) is 0 Å². The van der Waals surface area contributed by atoms with Gasteiger partial charge in [0, 0.05) is 12.8 Å². The van der Waals surface area contributed by atoms with Gasteiger partial charge in [0.05, 0.1) is 33.8 Å². The van der Waals surface area contributed by atoms with E-state index in [2.05, 4.69) is 135 Å². The Kier molecular flexibility index (Phi) is 56.0. The molecule has 0 radical (unpaired) electrons. The fourth-order valence-corrected chi connectivity index (χ4v) is 9.50. The van der Waals surface area contributed by atoms with E-state index in [9.17, 15) is 19.0 Å². The summed E-state index contributed by atoms with van der Waals surface area (Å²) in [6.07, 6.45) is 82.0. The van der Waals surface area contributed by atoms with Gasteiger partial charge >= 0.3 is 13.8 Å². The Bertz CT molecular complexity index is 1780. The molecule has 0 saturated carbocycles. The van der Waals surface area contributed by atoms with Crippen molar-refractivity contribution in [2.45, 2.75) is 270 Å². The molecule has 2 N–H and O–H groups in total. The molecule has 0 bridgehead atoms. The molecule has 1 amide bonds. The number of carbonyl (C=O) groups excluding carboxylic acids is 2. The van der Waals surface area contributed by atoms with Crippen molar-refractivity contribution in [3.05, 3.63) is 122 Å². The lowest BCUT2D eigenvalue weighted by Crippen LogP contribution is -2.47. The number of hydrogen-bond donors (Lipinski definition) is 2. The number of rotatable bonds is 57. The van der Waals surface area contributed by atoms with E-state index < -0.39 is 20.0 Å². The normalized spacial score (nSPS) is 14.4. The van der Waals surface area contributed by atoms with E-state index in [0.717, 1.165) is 128 Å². The third-order valence-electron chi connectivity index (χ3n) is 13.7. The van der Waals surface area contributed by atoms with E-state index in [1.165, 1.54) is 96.3 Å². The van der Waals surface area contributed by atoms with Crippen molar-refractivity contribution < 1.29 is 37.3 Å². The van der Waals surface area contributed by atoms with Crippen molar-refractivity contribution >= 4 is 19.7 Å². The summed E-state index contributed by atoms with van der Waals surface area (Å²) in [6, 6.07) is -0.866. The molecule has 0 saturated heterocycles. The Balaban J connectivity index is 5.15. The van der Waals surface area contributed by atoms with Crippen LogP contribution in [0.15, 0.2) is 122 Å². The molecule has 0 spiro atoms. The van der Waals surface area contributed by atoms with Gasteiger partial charge in [0.25, 0.3) is 0 Å². The number of phosphoric ester groups is 1. The topological polar surface area (TPSA) is 111 Å². The second-order valence-electron chi connectivity index (χ2n) is 22.6. The lowest BCUT2D eigenvalue weighted by atomic mass is 10.0. The molecule has 9 nitrogen and oxygen atoms in total. The van der Waals surface area contributed by atoms with Crippen molar-refractivity contribution in [2.24, 2.45) is 0 Å². The standard InChI is InChI=1S/C70H121N2O7P/c1-7-10-13-16-19-22-25-28-30-31-32-33-34-35-36-37-38-39-40-41-43-44-47-50-53-56-59-62-69(73)71-67(66-78-80(75,76)77-65-64-72(4,5)6)68(61-58-55-52-49-46-27-24-21-18-15-12-9-3)79-70(74)63-60-57-54-51-48-45-42-29-26-23-20-17-14-11-8-2/h10-11,13-14,17,19-20,22-23,26,28,30,32-33,35-36,38-39,58,61,67-68H,7-9,12,15-16,18,21,24-25,27,29,31,34,37,40-57,59-60,62-66H2,1-6H3,(H-,71,73,75,76)/p+1/b13-10-,14-11+,20-17+,22-19-,26-23+,30-28-,33-32-,36-35-,39-38-,61-58-. The van der Waals surface area contributed by atoms with Gasteiger partial charge in [-0.15, -0.1) is 0 Å². The number of esters is 1. The summed E-state index contributed by atoms with van der Waals surface area (Å²) < 4.78 is 30.7. The molecule has 0 heterocycles. The van der Waals surface area contributed by atoms with Crippen LogP contribution in [0.1, 0.15) is 258 Å². The summed E-state index contributed by atoms with van der Waals surface area (Å²) in [5, 5.41) is 3.05. The number of nitrogens with zero attached hydrogens (tertiary/aromatic N) is 1. The van der Waals surface area contributed by atoms with Gasteiger partial charge in [-0.05, 0) is 102 Å². The summed E-state index contributed by atoms with van der Waals surface area (Å²) in [5.74, 6) is -0.535. The molecule has 3 atom stereocenters. The number of likely N-dealkylation sites (N-methyl/N-ethyl adjacent to an activating group) is 1. The van der Waals surface area contributed by atoms with Gasteiger partial charge in [-0.2, -0.15) is 0 Å². The fraction of sp³-hybridized carbons (Fsp3) is 0.686. The molecule has 80 heavy (non-hydrogen) atoms. The van der Waals surface area contributed by atoms with Crippen LogP contribution in [0.3, 0.4) is 0 Å². The summed E-state index contributed by atoms with van der Waals surface area (Å²) in [6.45, 7) is 6.74. The zero-order valence-electron chi connectivity index (χ0n) is 52.3. The number of unbranched alkanes of at least 4 members (excludes halogenated alkanes) is 25. The molecule has 0 aromatic rings. The molecule has 3 unspecified atom stereocenters. The number of amides is 1. The third-order valence-corrected chi connectivity index (χ3v) is 14.7.